The second-order valence-electron chi connectivity index (χ2n) is 3.61. The van der Waals surface area contributed by atoms with Gasteiger partial charge in [0.15, 0.2) is 0 Å². The Balaban J connectivity index is 0. The molecule has 0 heterocycles. The van der Waals surface area contributed by atoms with Crippen LogP contribution in [-0.4, -0.2) is 53.3 Å². The van der Waals surface area contributed by atoms with Gasteiger partial charge >= 0.3 is 35.5 Å². The maximum absolute atomic E-state index is 10.8. The number of hydrogen-bond donors (Lipinski definition) is 1. The van der Waals surface area contributed by atoms with E-state index >= 15 is 0 Å². The van der Waals surface area contributed by atoms with Gasteiger partial charge in [0.25, 0.3) is 0 Å². The van der Waals surface area contributed by atoms with Gasteiger partial charge in [-0.3, -0.25) is 0 Å². The molecule has 0 aliphatic heterocycles. The van der Waals surface area contributed by atoms with Crippen LogP contribution in [0.1, 0.15) is 52.4 Å². The van der Waals surface area contributed by atoms with Gasteiger partial charge in [-0.05, 0) is 13.3 Å². The van der Waals surface area contributed by atoms with Crippen molar-refractivity contribution in [2.24, 2.45) is 0 Å². The molecule has 1 N–H and O–H groups in total. The minimum absolute atomic E-state index is 0. The number of unbranched alkanes of at least 4 members (excludes halogenated alkanes) is 5. The number of carbonyl (C=O) groups excluding carboxylic acids is 1. The molecule has 0 spiro atoms. The van der Waals surface area contributed by atoms with Crippen molar-refractivity contribution in [3.8, 4) is 0 Å². The first-order chi connectivity index (χ1) is 6.68. The maximum atomic E-state index is 10.8. The fourth-order valence-electron chi connectivity index (χ4n) is 1.18. The number of carbonyl (C=O) groups is 1. The summed E-state index contributed by atoms with van der Waals surface area (Å²) in [6, 6.07) is 0. The molecule has 0 bridgehead atoms. The summed E-state index contributed by atoms with van der Waals surface area (Å²) in [5, 5.41) is 8.82. The van der Waals surface area contributed by atoms with Crippen LogP contribution in [0, 0.1) is 0 Å². The molecule has 3 nitrogen and oxygen atoms in total. The average Bonchev–Trinajstić information content (AvgIpc) is 2.16. The van der Waals surface area contributed by atoms with E-state index in [1.165, 1.54) is 32.6 Å². The van der Waals surface area contributed by atoms with Gasteiger partial charge in [-0.1, -0.05) is 39.0 Å². The Labute approximate surface area is 115 Å². The standard InChI is InChI=1S/C11H22O3.Na.H/c1-3-4-5-6-7-8-9-14-11(13)10(2)12;;/h10,12H,3-9H2,1-2H3;;. The SMILES string of the molecule is CCCCCCCCOC(=O)C(C)O.[NaH]. The number of esters is 1. The quantitative estimate of drug-likeness (QED) is 0.388. The Morgan fingerprint density at radius 3 is 2.27 bits per heavy atom. The van der Waals surface area contributed by atoms with Crippen LogP contribution in [0.3, 0.4) is 0 Å². The first-order valence-electron chi connectivity index (χ1n) is 5.53. The van der Waals surface area contributed by atoms with Crippen molar-refractivity contribution in [2.45, 2.75) is 58.5 Å². The van der Waals surface area contributed by atoms with Crippen LogP contribution >= 0.6 is 0 Å². The zero-order valence-corrected chi connectivity index (χ0v) is 9.29. The summed E-state index contributed by atoms with van der Waals surface area (Å²) in [5.41, 5.74) is 0. The zero-order chi connectivity index (χ0) is 10.8. The second-order valence-corrected chi connectivity index (χ2v) is 3.61. The van der Waals surface area contributed by atoms with Crippen LogP contribution in [0.2, 0.25) is 0 Å². The van der Waals surface area contributed by atoms with Crippen molar-refractivity contribution in [2.75, 3.05) is 6.61 Å². The molecule has 0 aromatic rings. The number of aliphatic hydroxyl groups is 1. The zero-order valence-electron chi connectivity index (χ0n) is 9.29. The van der Waals surface area contributed by atoms with E-state index in [9.17, 15) is 4.79 Å². The first kappa shape index (κ1) is 17.8. The fourth-order valence-corrected chi connectivity index (χ4v) is 1.18. The molecule has 0 saturated heterocycles. The second kappa shape index (κ2) is 12.5. The van der Waals surface area contributed by atoms with E-state index in [-0.39, 0.29) is 29.6 Å². The summed E-state index contributed by atoms with van der Waals surface area (Å²) in [6.45, 7) is 4.05. The van der Waals surface area contributed by atoms with Gasteiger partial charge in [0.1, 0.15) is 6.10 Å². The van der Waals surface area contributed by atoms with Crippen molar-refractivity contribution >= 4 is 35.5 Å². The number of hydrogen-bond acceptors (Lipinski definition) is 3. The topological polar surface area (TPSA) is 46.5 Å². The third-order valence-corrected chi connectivity index (χ3v) is 2.08. The number of ether oxygens (including phenoxy) is 1. The molecular formula is C11H23NaO3. The predicted molar refractivity (Wildman–Crippen MR) is 63.2 cm³/mol. The van der Waals surface area contributed by atoms with Gasteiger partial charge in [-0.15, -0.1) is 0 Å². The summed E-state index contributed by atoms with van der Waals surface area (Å²) in [6.07, 6.45) is 6.02. The van der Waals surface area contributed by atoms with Crippen LogP contribution in [0.15, 0.2) is 0 Å². The number of rotatable bonds is 8. The van der Waals surface area contributed by atoms with E-state index in [4.69, 9.17) is 9.84 Å². The average molecular weight is 226 g/mol. The molecule has 0 aromatic heterocycles. The Kier molecular flexibility index (Phi) is 14.8. The van der Waals surface area contributed by atoms with Crippen LogP contribution in [-0.2, 0) is 9.53 Å². The van der Waals surface area contributed by atoms with E-state index in [0.29, 0.717) is 6.61 Å². The first-order valence-corrected chi connectivity index (χ1v) is 5.53. The summed E-state index contributed by atoms with van der Waals surface area (Å²) in [7, 11) is 0. The van der Waals surface area contributed by atoms with E-state index in [1.807, 2.05) is 0 Å². The molecule has 86 valence electrons. The molecule has 4 heteroatoms. The van der Waals surface area contributed by atoms with Crippen molar-refractivity contribution in [1.29, 1.82) is 0 Å². The van der Waals surface area contributed by atoms with Crippen LogP contribution in [0.25, 0.3) is 0 Å². The molecule has 0 aromatic carbocycles. The van der Waals surface area contributed by atoms with Gasteiger partial charge in [0, 0.05) is 0 Å². The van der Waals surface area contributed by atoms with Gasteiger partial charge < -0.3 is 9.84 Å². The Hall–Kier alpha value is 0.430. The summed E-state index contributed by atoms with van der Waals surface area (Å²) < 4.78 is 4.82. The van der Waals surface area contributed by atoms with Crippen LogP contribution < -0.4 is 0 Å². The van der Waals surface area contributed by atoms with Crippen molar-refractivity contribution in [3.63, 3.8) is 0 Å². The van der Waals surface area contributed by atoms with Gasteiger partial charge in [-0.2, -0.15) is 0 Å². The molecule has 0 fully saturated rings. The Morgan fingerprint density at radius 1 is 1.20 bits per heavy atom. The fraction of sp³-hybridized carbons (Fsp3) is 0.909. The Bertz CT molecular complexity index is 149. The van der Waals surface area contributed by atoms with Crippen molar-refractivity contribution < 1.29 is 14.6 Å². The summed E-state index contributed by atoms with van der Waals surface area (Å²) >= 11 is 0. The molecule has 0 rings (SSSR count). The van der Waals surface area contributed by atoms with Crippen molar-refractivity contribution in [1.82, 2.24) is 0 Å². The normalized spacial score (nSPS) is 11.7. The predicted octanol–water partition coefficient (Wildman–Crippen LogP) is 1.62. The molecule has 0 aliphatic carbocycles. The molecule has 0 aliphatic rings. The third kappa shape index (κ3) is 12.4. The van der Waals surface area contributed by atoms with E-state index in [2.05, 4.69) is 6.92 Å². The molecule has 0 amide bonds. The minimum atomic E-state index is -0.991. The molecule has 0 radical (unpaired) electrons. The summed E-state index contributed by atoms with van der Waals surface area (Å²) in [5.74, 6) is -0.515. The van der Waals surface area contributed by atoms with Crippen LogP contribution in [0.5, 0.6) is 0 Å². The molecule has 1 unspecified atom stereocenters. The van der Waals surface area contributed by atoms with E-state index in [1.54, 1.807) is 0 Å². The van der Waals surface area contributed by atoms with Crippen LogP contribution in [0.4, 0.5) is 0 Å². The van der Waals surface area contributed by atoms with E-state index in [0.717, 1.165) is 12.8 Å². The number of aliphatic hydroxyl groups excluding tert-OH is 1. The van der Waals surface area contributed by atoms with Crippen molar-refractivity contribution in [3.05, 3.63) is 0 Å². The third-order valence-electron chi connectivity index (χ3n) is 2.08. The molecular weight excluding hydrogens is 203 g/mol. The van der Waals surface area contributed by atoms with Gasteiger partial charge in [0.05, 0.1) is 6.61 Å². The Morgan fingerprint density at radius 2 is 1.73 bits per heavy atom. The molecule has 15 heavy (non-hydrogen) atoms. The van der Waals surface area contributed by atoms with Gasteiger partial charge in [0.2, 0.25) is 0 Å². The molecule has 1 atom stereocenters. The molecule has 0 saturated carbocycles. The van der Waals surface area contributed by atoms with E-state index < -0.39 is 12.1 Å². The monoisotopic (exact) mass is 226 g/mol. The van der Waals surface area contributed by atoms with Gasteiger partial charge in [-0.25, -0.2) is 4.79 Å². The summed E-state index contributed by atoms with van der Waals surface area (Å²) in [4.78, 5) is 10.8.